The highest BCUT2D eigenvalue weighted by Gasteiger charge is 2.07. The van der Waals surface area contributed by atoms with E-state index in [0.29, 0.717) is 13.0 Å². The zero-order valence-electron chi connectivity index (χ0n) is 9.17. The van der Waals surface area contributed by atoms with Gasteiger partial charge in [0.15, 0.2) is 0 Å². The van der Waals surface area contributed by atoms with Crippen molar-refractivity contribution in [3.05, 3.63) is 0 Å². The molecule has 0 fully saturated rings. The van der Waals surface area contributed by atoms with Crippen molar-refractivity contribution in [1.82, 2.24) is 15.4 Å². The molecule has 0 rings (SSSR count). The molecule has 0 saturated heterocycles. The Kier molecular flexibility index (Phi) is 7.27. The first-order valence-electron chi connectivity index (χ1n) is 4.90. The maximum atomic E-state index is 11.1. The van der Waals surface area contributed by atoms with Gasteiger partial charge in [-0.15, -0.1) is 0 Å². The van der Waals surface area contributed by atoms with Gasteiger partial charge in [-0.1, -0.05) is 6.92 Å². The summed E-state index contributed by atoms with van der Waals surface area (Å²) in [7, 11) is -1.87. The molecular weight excluding hydrogens is 218 g/mol. The van der Waals surface area contributed by atoms with E-state index in [1.54, 1.807) is 0 Å². The number of carbonyl (C=O) groups excluding carboxylic acids is 1. The number of nitrogens with one attached hydrogen (secondary N) is 3. The summed E-state index contributed by atoms with van der Waals surface area (Å²) in [5.41, 5.74) is 0. The smallest absolute Gasteiger partial charge is 0.221 e. The Labute approximate surface area is 90.9 Å². The van der Waals surface area contributed by atoms with Crippen molar-refractivity contribution in [1.29, 1.82) is 0 Å². The van der Waals surface area contributed by atoms with Gasteiger partial charge in [0.05, 0.1) is 5.75 Å². The van der Waals surface area contributed by atoms with Crippen LogP contribution in [0, 0.1) is 0 Å². The fraction of sp³-hybridized carbons (Fsp3) is 0.875. The minimum absolute atomic E-state index is 0.0869. The fourth-order valence-corrected chi connectivity index (χ4v) is 1.47. The third-order valence-corrected chi connectivity index (χ3v) is 3.15. The molecule has 0 unspecified atom stereocenters. The normalized spacial score (nSPS) is 11.3. The summed E-state index contributed by atoms with van der Waals surface area (Å²) in [6, 6.07) is 0. The summed E-state index contributed by atoms with van der Waals surface area (Å²) < 4.78 is 24.1. The van der Waals surface area contributed by atoms with Crippen LogP contribution in [0.3, 0.4) is 0 Å². The minimum Gasteiger partial charge on any atom is -0.355 e. The van der Waals surface area contributed by atoms with Crippen LogP contribution in [0.2, 0.25) is 0 Å². The fourth-order valence-electron chi connectivity index (χ4n) is 0.894. The Morgan fingerprint density at radius 1 is 1.27 bits per heavy atom. The van der Waals surface area contributed by atoms with E-state index >= 15 is 0 Å². The highest BCUT2D eigenvalue weighted by molar-refractivity contribution is 7.89. The van der Waals surface area contributed by atoms with Gasteiger partial charge < -0.3 is 10.6 Å². The van der Waals surface area contributed by atoms with Crippen molar-refractivity contribution < 1.29 is 13.2 Å². The van der Waals surface area contributed by atoms with Crippen LogP contribution in [0.1, 0.15) is 13.3 Å². The van der Waals surface area contributed by atoms with Crippen molar-refractivity contribution in [3.8, 4) is 0 Å². The third-order valence-electron chi connectivity index (χ3n) is 1.78. The van der Waals surface area contributed by atoms with Gasteiger partial charge in [0.25, 0.3) is 0 Å². The summed E-state index contributed by atoms with van der Waals surface area (Å²) in [6.45, 7) is 3.54. The molecular formula is C8H19N3O3S. The predicted octanol–water partition coefficient (Wildman–Crippen LogP) is -1.35. The Balaban J connectivity index is 3.55. The summed E-state index contributed by atoms with van der Waals surface area (Å²) in [5.74, 6) is -0.224. The molecule has 0 aliphatic carbocycles. The largest absolute Gasteiger partial charge is 0.355 e. The monoisotopic (exact) mass is 237 g/mol. The molecule has 0 aliphatic rings. The lowest BCUT2D eigenvalue weighted by Crippen LogP contribution is -2.34. The first-order chi connectivity index (χ1) is 7.02. The van der Waals surface area contributed by atoms with Gasteiger partial charge in [0.1, 0.15) is 0 Å². The van der Waals surface area contributed by atoms with Crippen LogP contribution in [-0.2, 0) is 14.8 Å². The first-order valence-corrected chi connectivity index (χ1v) is 6.55. The van der Waals surface area contributed by atoms with Crippen molar-refractivity contribution >= 4 is 15.9 Å². The van der Waals surface area contributed by atoms with Gasteiger partial charge in [0, 0.05) is 19.5 Å². The molecule has 0 atom stereocenters. The molecule has 7 heteroatoms. The lowest BCUT2D eigenvalue weighted by Gasteiger charge is -2.05. The van der Waals surface area contributed by atoms with Crippen molar-refractivity contribution in [2.24, 2.45) is 0 Å². The third kappa shape index (κ3) is 8.34. The van der Waals surface area contributed by atoms with Crippen LogP contribution in [0.25, 0.3) is 0 Å². The number of rotatable bonds is 8. The molecule has 6 nitrogen and oxygen atoms in total. The molecule has 0 saturated carbocycles. The van der Waals surface area contributed by atoms with Crippen LogP contribution in [0.5, 0.6) is 0 Å². The SMILES string of the molecule is CCNCCC(=O)NCCS(=O)(=O)NC. The zero-order chi connectivity index (χ0) is 11.7. The van der Waals surface area contributed by atoms with Gasteiger partial charge >= 0.3 is 0 Å². The summed E-state index contributed by atoms with van der Waals surface area (Å²) in [4.78, 5) is 11.1. The second kappa shape index (κ2) is 7.61. The van der Waals surface area contributed by atoms with E-state index in [2.05, 4.69) is 15.4 Å². The Hall–Kier alpha value is -0.660. The maximum absolute atomic E-state index is 11.1. The van der Waals surface area contributed by atoms with E-state index in [1.165, 1.54) is 7.05 Å². The molecule has 1 amide bonds. The summed E-state index contributed by atoms with van der Waals surface area (Å²) in [6.07, 6.45) is 0.368. The van der Waals surface area contributed by atoms with Crippen LogP contribution in [0.4, 0.5) is 0 Å². The predicted molar refractivity (Wildman–Crippen MR) is 59.0 cm³/mol. The van der Waals surface area contributed by atoms with E-state index in [9.17, 15) is 13.2 Å². The molecule has 0 aliphatic heterocycles. The molecule has 0 aromatic heterocycles. The molecule has 15 heavy (non-hydrogen) atoms. The quantitative estimate of drug-likeness (QED) is 0.456. The topological polar surface area (TPSA) is 87.3 Å². The van der Waals surface area contributed by atoms with E-state index in [4.69, 9.17) is 0 Å². The molecule has 0 heterocycles. The highest BCUT2D eigenvalue weighted by atomic mass is 32.2. The molecule has 0 spiro atoms. The van der Waals surface area contributed by atoms with Crippen molar-refractivity contribution in [2.45, 2.75) is 13.3 Å². The second-order valence-electron chi connectivity index (χ2n) is 2.98. The number of amides is 1. The van der Waals surface area contributed by atoms with Crippen LogP contribution in [-0.4, -0.2) is 46.8 Å². The molecule has 0 bridgehead atoms. The lowest BCUT2D eigenvalue weighted by atomic mass is 10.4. The van der Waals surface area contributed by atoms with E-state index in [0.717, 1.165) is 6.54 Å². The minimum atomic E-state index is -3.22. The number of carbonyl (C=O) groups is 1. The van der Waals surface area contributed by atoms with Gasteiger partial charge in [-0.2, -0.15) is 0 Å². The lowest BCUT2D eigenvalue weighted by molar-refractivity contribution is -0.120. The maximum Gasteiger partial charge on any atom is 0.221 e. The van der Waals surface area contributed by atoms with Gasteiger partial charge in [0.2, 0.25) is 15.9 Å². The molecule has 90 valence electrons. The standard InChI is InChI=1S/C8H19N3O3S/c1-3-10-5-4-8(12)11-6-7-15(13,14)9-2/h9-10H,3-7H2,1-2H3,(H,11,12). The number of hydrogen-bond acceptors (Lipinski definition) is 4. The summed E-state index contributed by atoms with van der Waals surface area (Å²) in [5, 5.41) is 5.54. The van der Waals surface area contributed by atoms with Crippen molar-refractivity contribution in [2.75, 3.05) is 32.4 Å². The second-order valence-corrected chi connectivity index (χ2v) is 5.02. The van der Waals surface area contributed by atoms with Gasteiger partial charge in [-0.25, -0.2) is 13.1 Å². The van der Waals surface area contributed by atoms with Crippen molar-refractivity contribution in [3.63, 3.8) is 0 Å². The highest BCUT2D eigenvalue weighted by Crippen LogP contribution is 1.81. The van der Waals surface area contributed by atoms with E-state index in [-0.39, 0.29) is 18.2 Å². The van der Waals surface area contributed by atoms with Crippen LogP contribution in [0.15, 0.2) is 0 Å². The van der Waals surface area contributed by atoms with Gasteiger partial charge in [-0.3, -0.25) is 4.79 Å². The zero-order valence-corrected chi connectivity index (χ0v) is 9.99. The number of sulfonamides is 1. The van der Waals surface area contributed by atoms with Crippen LogP contribution >= 0.6 is 0 Å². The number of hydrogen-bond donors (Lipinski definition) is 3. The molecule has 3 N–H and O–H groups in total. The van der Waals surface area contributed by atoms with E-state index in [1.807, 2.05) is 6.92 Å². The first kappa shape index (κ1) is 14.3. The van der Waals surface area contributed by atoms with E-state index < -0.39 is 10.0 Å². The summed E-state index contributed by atoms with van der Waals surface area (Å²) >= 11 is 0. The van der Waals surface area contributed by atoms with Crippen LogP contribution < -0.4 is 15.4 Å². The molecule has 0 aromatic rings. The molecule has 0 aromatic carbocycles. The average Bonchev–Trinajstić information content (AvgIpc) is 2.18. The Morgan fingerprint density at radius 2 is 1.93 bits per heavy atom. The molecule has 0 radical (unpaired) electrons. The van der Waals surface area contributed by atoms with Gasteiger partial charge in [-0.05, 0) is 13.6 Å². The average molecular weight is 237 g/mol. The Morgan fingerprint density at radius 3 is 2.47 bits per heavy atom. The Bertz CT molecular complexity index is 277.